The molecule has 0 saturated carbocycles. The van der Waals surface area contributed by atoms with Gasteiger partial charge in [-0.1, -0.05) is 39.7 Å². The lowest BCUT2D eigenvalue weighted by molar-refractivity contribution is -0.141. The number of hydrogen-bond acceptors (Lipinski definition) is 3. The standard InChI is InChI=1S/C19H14BrClO3/c1-12(23-17-8-5-16(21)6-9-17)19(22)24-18-7-3-13-10-15(20)4-2-14(13)11-18/h2-12H,1H3/t12-/m1/s1. The van der Waals surface area contributed by atoms with E-state index in [0.29, 0.717) is 16.5 Å². The minimum atomic E-state index is -0.730. The summed E-state index contributed by atoms with van der Waals surface area (Å²) in [5.74, 6) is 0.593. The third-order valence-corrected chi connectivity index (χ3v) is 4.20. The predicted octanol–water partition coefficient (Wildman–Crippen LogP) is 5.63. The molecular weight excluding hydrogens is 392 g/mol. The molecule has 0 aliphatic carbocycles. The molecule has 1 atom stereocenters. The molecule has 24 heavy (non-hydrogen) atoms. The molecule has 122 valence electrons. The molecule has 0 N–H and O–H groups in total. The van der Waals surface area contributed by atoms with Crippen LogP contribution in [0.2, 0.25) is 5.02 Å². The Morgan fingerprint density at radius 3 is 2.33 bits per heavy atom. The van der Waals surface area contributed by atoms with E-state index in [0.717, 1.165) is 15.2 Å². The van der Waals surface area contributed by atoms with Gasteiger partial charge in [0.2, 0.25) is 0 Å². The van der Waals surface area contributed by atoms with Gasteiger partial charge in [-0.05, 0) is 66.2 Å². The van der Waals surface area contributed by atoms with E-state index >= 15 is 0 Å². The Morgan fingerprint density at radius 1 is 0.958 bits per heavy atom. The molecule has 0 aliphatic heterocycles. The van der Waals surface area contributed by atoms with E-state index in [-0.39, 0.29) is 0 Å². The van der Waals surface area contributed by atoms with Crippen molar-refractivity contribution >= 4 is 44.3 Å². The van der Waals surface area contributed by atoms with Gasteiger partial charge in [-0.15, -0.1) is 0 Å². The topological polar surface area (TPSA) is 35.5 Å². The molecule has 3 aromatic carbocycles. The summed E-state index contributed by atoms with van der Waals surface area (Å²) in [5, 5.41) is 2.67. The Balaban J connectivity index is 1.69. The minimum absolute atomic E-state index is 0.457. The highest BCUT2D eigenvalue weighted by Crippen LogP contribution is 2.24. The van der Waals surface area contributed by atoms with E-state index in [1.807, 2.05) is 30.3 Å². The number of ether oxygens (including phenoxy) is 2. The molecule has 0 unspecified atom stereocenters. The Bertz CT molecular complexity index is 877. The number of carbonyl (C=O) groups is 1. The number of rotatable bonds is 4. The Hall–Kier alpha value is -2.04. The molecule has 0 aromatic heterocycles. The van der Waals surface area contributed by atoms with Crippen molar-refractivity contribution in [2.45, 2.75) is 13.0 Å². The largest absolute Gasteiger partial charge is 0.479 e. The first-order chi connectivity index (χ1) is 11.5. The van der Waals surface area contributed by atoms with Gasteiger partial charge in [0.1, 0.15) is 11.5 Å². The van der Waals surface area contributed by atoms with Gasteiger partial charge in [-0.3, -0.25) is 0 Å². The smallest absolute Gasteiger partial charge is 0.352 e. The van der Waals surface area contributed by atoms with Crippen LogP contribution in [0, 0.1) is 0 Å². The number of carbonyl (C=O) groups excluding carboxylic acids is 1. The minimum Gasteiger partial charge on any atom is -0.479 e. The van der Waals surface area contributed by atoms with Crippen LogP contribution in [-0.4, -0.2) is 12.1 Å². The summed E-state index contributed by atoms with van der Waals surface area (Å²) in [6, 6.07) is 18.2. The van der Waals surface area contributed by atoms with Gasteiger partial charge >= 0.3 is 5.97 Å². The normalized spacial score (nSPS) is 12.0. The lowest BCUT2D eigenvalue weighted by Gasteiger charge is -2.14. The summed E-state index contributed by atoms with van der Waals surface area (Å²) < 4.78 is 12.0. The molecular formula is C19H14BrClO3. The van der Waals surface area contributed by atoms with Crippen molar-refractivity contribution in [2.75, 3.05) is 0 Å². The maximum absolute atomic E-state index is 12.2. The second-order valence-corrected chi connectivity index (χ2v) is 6.64. The van der Waals surface area contributed by atoms with Crippen LogP contribution < -0.4 is 9.47 Å². The lowest BCUT2D eigenvalue weighted by Crippen LogP contribution is -2.28. The van der Waals surface area contributed by atoms with Crippen molar-refractivity contribution in [3.05, 3.63) is 70.2 Å². The van der Waals surface area contributed by atoms with E-state index in [1.54, 1.807) is 37.3 Å². The summed E-state index contributed by atoms with van der Waals surface area (Å²) in [6.07, 6.45) is -0.730. The Morgan fingerprint density at radius 2 is 1.58 bits per heavy atom. The highest BCUT2D eigenvalue weighted by Gasteiger charge is 2.17. The molecule has 0 aliphatic rings. The molecule has 0 amide bonds. The van der Waals surface area contributed by atoms with E-state index in [2.05, 4.69) is 15.9 Å². The zero-order chi connectivity index (χ0) is 17.1. The number of halogens is 2. The zero-order valence-electron chi connectivity index (χ0n) is 12.8. The maximum atomic E-state index is 12.2. The van der Waals surface area contributed by atoms with Crippen LogP contribution >= 0.6 is 27.5 Å². The summed E-state index contributed by atoms with van der Waals surface area (Å²) in [7, 11) is 0. The average molecular weight is 406 g/mol. The second kappa shape index (κ2) is 7.24. The fraction of sp³-hybridized carbons (Fsp3) is 0.105. The summed E-state index contributed by atoms with van der Waals surface area (Å²) in [4.78, 5) is 12.2. The molecule has 0 spiro atoms. The number of fused-ring (bicyclic) bond motifs is 1. The third-order valence-electron chi connectivity index (χ3n) is 3.45. The fourth-order valence-corrected chi connectivity index (χ4v) is 2.73. The van der Waals surface area contributed by atoms with Crippen LogP contribution in [0.25, 0.3) is 10.8 Å². The SMILES string of the molecule is C[C@@H](Oc1ccc(Cl)cc1)C(=O)Oc1ccc2cc(Br)ccc2c1. The van der Waals surface area contributed by atoms with Crippen molar-refractivity contribution in [2.24, 2.45) is 0 Å². The first kappa shape index (κ1) is 16.8. The predicted molar refractivity (Wildman–Crippen MR) is 98.8 cm³/mol. The maximum Gasteiger partial charge on any atom is 0.352 e. The molecule has 5 heteroatoms. The quantitative estimate of drug-likeness (QED) is 0.417. The average Bonchev–Trinajstić information content (AvgIpc) is 2.57. The van der Waals surface area contributed by atoms with Crippen LogP contribution in [0.1, 0.15) is 6.92 Å². The van der Waals surface area contributed by atoms with E-state index in [9.17, 15) is 4.79 Å². The number of benzene rings is 3. The molecule has 0 fully saturated rings. The van der Waals surface area contributed by atoms with Crippen LogP contribution in [-0.2, 0) is 4.79 Å². The monoisotopic (exact) mass is 404 g/mol. The molecule has 3 nitrogen and oxygen atoms in total. The highest BCUT2D eigenvalue weighted by molar-refractivity contribution is 9.10. The van der Waals surface area contributed by atoms with Crippen molar-refractivity contribution in [3.8, 4) is 11.5 Å². The summed E-state index contributed by atoms with van der Waals surface area (Å²) in [5.41, 5.74) is 0. The first-order valence-electron chi connectivity index (χ1n) is 7.34. The number of hydrogen-bond donors (Lipinski definition) is 0. The van der Waals surface area contributed by atoms with Crippen LogP contribution in [0.3, 0.4) is 0 Å². The van der Waals surface area contributed by atoms with Gasteiger partial charge in [-0.2, -0.15) is 0 Å². The fourth-order valence-electron chi connectivity index (χ4n) is 2.22. The van der Waals surface area contributed by atoms with Gasteiger partial charge in [0, 0.05) is 9.50 Å². The first-order valence-corrected chi connectivity index (χ1v) is 8.51. The molecule has 0 heterocycles. The number of esters is 1. The van der Waals surface area contributed by atoms with Crippen LogP contribution in [0.5, 0.6) is 11.5 Å². The van der Waals surface area contributed by atoms with Crippen molar-refractivity contribution in [1.82, 2.24) is 0 Å². The van der Waals surface area contributed by atoms with E-state index < -0.39 is 12.1 Å². The van der Waals surface area contributed by atoms with Gasteiger partial charge in [0.05, 0.1) is 0 Å². The van der Waals surface area contributed by atoms with E-state index in [4.69, 9.17) is 21.1 Å². The van der Waals surface area contributed by atoms with Crippen LogP contribution in [0.4, 0.5) is 0 Å². The highest BCUT2D eigenvalue weighted by atomic mass is 79.9. The molecule has 0 saturated heterocycles. The van der Waals surface area contributed by atoms with Gasteiger partial charge in [0.15, 0.2) is 6.10 Å². The second-order valence-electron chi connectivity index (χ2n) is 5.29. The van der Waals surface area contributed by atoms with Gasteiger partial charge in [0.25, 0.3) is 0 Å². The van der Waals surface area contributed by atoms with Crippen LogP contribution in [0.15, 0.2) is 65.1 Å². The zero-order valence-corrected chi connectivity index (χ0v) is 15.2. The van der Waals surface area contributed by atoms with Crippen molar-refractivity contribution < 1.29 is 14.3 Å². The van der Waals surface area contributed by atoms with Gasteiger partial charge < -0.3 is 9.47 Å². The molecule has 0 radical (unpaired) electrons. The van der Waals surface area contributed by atoms with Crippen molar-refractivity contribution in [1.29, 1.82) is 0 Å². The van der Waals surface area contributed by atoms with Gasteiger partial charge in [-0.25, -0.2) is 4.79 Å². The Kier molecular flexibility index (Phi) is 5.07. The molecule has 3 rings (SSSR count). The summed E-state index contributed by atoms with van der Waals surface area (Å²) >= 11 is 9.26. The Labute approximate surface area is 153 Å². The summed E-state index contributed by atoms with van der Waals surface area (Å²) in [6.45, 7) is 1.65. The molecule has 0 bridgehead atoms. The van der Waals surface area contributed by atoms with E-state index in [1.165, 1.54) is 0 Å². The molecule has 3 aromatic rings. The third kappa shape index (κ3) is 4.08. The lowest BCUT2D eigenvalue weighted by atomic mass is 10.1. The van der Waals surface area contributed by atoms with Crippen molar-refractivity contribution in [3.63, 3.8) is 0 Å².